The molecule has 0 atom stereocenters. The number of hydrogen-bond acceptors (Lipinski definition) is 3. The van der Waals surface area contributed by atoms with Crippen molar-refractivity contribution in [3.8, 4) is 5.75 Å². The lowest BCUT2D eigenvalue weighted by Crippen LogP contribution is -2.24. The van der Waals surface area contributed by atoms with E-state index in [0.717, 1.165) is 27.7 Å². The molecular formula is C19H22ClNO2S. The first-order valence-corrected chi connectivity index (χ1v) is 9.40. The molecule has 0 aromatic heterocycles. The number of rotatable bonds is 8. The maximum atomic E-state index is 11.9. The van der Waals surface area contributed by atoms with Gasteiger partial charge in [0, 0.05) is 17.3 Å². The van der Waals surface area contributed by atoms with Crippen molar-refractivity contribution < 1.29 is 9.53 Å². The van der Waals surface area contributed by atoms with E-state index < -0.39 is 0 Å². The number of amides is 1. The number of nitrogens with one attached hydrogen (secondary N) is 1. The van der Waals surface area contributed by atoms with Crippen LogP contribution in [-0.2, 0) is 17.1 Å². The summed E-state index contributed by atoms with van der Waals surface area (Å²) in [5, 5.41) is 3.66. The third kappa shape index (κ3) is 6.85. The molecule has 5 heteroatoms. The van der Waals surface area contributed by atoms with E-state index in [4.69, 9.17) is 16.3 Å². The van der Waals surface area contributed by atoms with Crippen LogP contribution in [-0.4, -0.2) is 17.8 Å². The third-order valence-corrected chi connectivity index (χ3v) is 4.39. The van der Waals surface area contributed by atoms with Gasteiger partial charge in [-0.1, -0.05) is 35.9 Å². The molecule has 2 aromatic carbocycles. The summed E-state index contributed by atoms with van der Waals surface area (Å²) in [5.41, 5.74) is 2.15. The number of benzene rings is 2. The number of ether oxygens (including phenoxy) is 1. The van der Waals surface area contributed by atoms with E-state index in [2.05, 4.69) is 5.32 Å². The van der Waals surface area contributed by atoms with Gasteiger partial charge in [0.15, 0.2) is 0 Å². The second kappa shape index (κ2) is 9.60. The number of carbonyl (C=O) groups is 1. The van der Waals surface area contributed by atoms with Gasteiger partial charge in [-0.25, -0.2) is 0 Å². The first-order valence-electron chi connectivity index (χ1n) is 7.87. The summed E-state index contributed by atoms with van der Waals surface area (Å²) in [4.78, 5) is 11.9. The molecule has 0 heterocycles. The number of halogens is 1. The standard InChI is InChI=1S/C19H22ClNO2S/c1-14(2)23-18-8-4-5-15(10-18)11-21-19(22)13-24-12-16-6-3-7-17(20)9-16/h3-10,14H,11-13H2,1-2H3,(H,21,22). The molecule has 0 aliphatic carbocycles. The first-order chi connectivity index (χ1) is 11.5. The molecule has 0 saturated heterocycles. The highest BCUT2D eigenvalue weighted by Gasteiger charge is 2.04. The van der Waals surface area contributed by atoms with Gasteiger partial charge in [-0.3, -0.25) is 4.79 Å². The number of thioether (sulfide) groups is 1. The largest absolute Gasteiger partial charge is 0.491 e. The fourth-order valence-electron chi connectivity index (χ4n) is 2.14. The molecule has 0 radical (unpaired) electrons. The van der Waals surface area contributed by atoms with Crippen molar-refractivity contribution in [2.45, 2.75) is 32.2 Å². The maximum Gasteiger partial charge on any atom is 0.230 e. The Balaban J connectivity index is 1.73. The minimum Gasteiger partial charge on any atom is -0.491 e. The Morgan fingerprint density at radius 1 is 1.17 bits per heavy atom. The molecule has 0 spiro atoms. The predicted octanol–water partition coefficient (Wildman–Crippen LogP) is 4.68. The van der Waals surface area contributed by atoms with Gasteiger partial charge in [-0.15, -0.1) is 11.8 Å². The lowest BCUT2D eigenvalue weighted by Gasteiger charge is -2.11. The summed E-state index contributed by atoms with van der Waals surface area (Å²) >= 11 is 7.52. The summed E-state index contributed by atoms with van der Waals surface area (Å²) in [7, 11) is 0. The molecule has 0 bridgehead atoms. The zero-order valence-electron chi connectivity index (χ0n) is 13.9. The van der Waals surface area contributed by atoms with Crippen molar-refractivity contribution in [3.63, 3.8) is 0 Å². The number of hydrogen-bond donors (Lipinski definition) is 1. The number of carbonyl (C=O) groups excluding carboxylic acids is 1. The SMILES string of the molecule is CC(C)Oc1cccc(CNC(=O)CSCc2cccc(Cl)c2)c1. The maximum absolute atomic E-state index is 11.9. The van der Waals surface area contributed by atoms with Gasteiger partial charge in [0.1, 0.15) is 5.75 Å². The second-order valence-corrected chi connectivity index (χ2v) is 7.14. The first kappa shape index (κ1) is 18.7. The van der Waals surface area contributed by atoms with E-state index >= 15 is 0 Å². The zero-order valence-corrected chi connectivity index (χ0v) is 15.5. The van der Waals surface area contributed by atoms with Crippen LogP contribution >= 0.6 is 23.4 Å². The monoisotopic (exact) mass is 363 g/mol. The van der Waals surface area contributed by atoms with E-state index in [9.17, 15) is 4.79 Å². The molecule has 128 valence electrons. The normalized spacial score (nSPS) is 10.7. The van der Waals surface area contributed by atoms with Crippen LogP contribution < -0.4 is 10.1 Å². The van der Waals surface area contributed by atoms with Crippen molar-refractivity contribution in [2.75, 3.05) is 5.75 Å². The topological polar surface area (TPSA) is 38.3 Å². The third-order valence-electron chi connectivity index (χ3n) is 3.15. The zero-order chi connectivity index (χ0) is 17.4. The van der Waals surface area contributed by atoms with Crippen LogP contribution in [0.25, 0.3) is 0 Å². The van der Waals surface area contributed by atoms with Crippen molar-refractivity contribution in [2.24, 2.45) is 0 Å². The molecule has 0 unspecified atom stereocenters. The molecule has 0 aliphatic rings. The molecule has 1 N–H and O–H groups in total. The molecule has 0 saturated carbocycles. The highest BCUT2D eigenvalue weighted by Crippen LogP contribution is 2.17. The van der Waals surface area contributed by atoms with Crippen molar-refractivity contribution in [1.29, 1.82) is 0 Å². The highest BCUT2D eigenvalue weighted by atomic mass is 35.5. The van der Waals surface area contributed by atoms with Gasteiger partial charge in [0.2, 0.25) is 5.91 Å². The van der Waals surface area contributed by atoms with Crippen LogP contribution in [0.5, 0.6) is 5.75 Å². The van der Waals surface area contributed by atoms with Gasteiger partial charge in [0.05, 0.1) is 11.9 Å². The Bertz CT molecular complexity index is 676. The van der Waals surface area contributed by atoms with Crippen molar-refractivity contribution in [1.82, 2.24) is 5.32 Å². The Labute approximate surface area is 152 Å². The van der Waals surface area contributed by atoms with Gasteiger partial charge >= 0.3 is 0 Å². The minimum atomic E-state index is 0.0252. The van der Waals surface area contributed by atoms with Gasteiger partial charge in [-0.2, -0.15) is 0 Å². The van der Waals surface area contributed by atoms with E-state index in [-0.39, 0.29) is 12.0 Å². The van der Waals surface area contributed by atoms with E-state index in [1.54, 1.807) is 11.8 Å². The molecular weight excluding hydrogens is 342 g/mol. The smallest absolute Gasteiger partial charge is 0.230 e. The molecule has 1 amide bonds. The lowest BCUT2D eigenvalue weighted by atomic mass is 10.2. The molecule has 0 fully saturated rings. The van der Waals surface area contributed by atoms with Gasteiger partial charge < -0.3 is 10.1 Å². The molecule has 0 aliphatic heterocycles. The highest BCUT2D eigenvalue weighted by molar-refractivity contribution is 7.99. The molecule has 2 aromatic rings. The Kier molecular flexibility index (Phi) is 7.47. The molecule has 2 rings (SSSR count). The summed E-state index contributed by atoms with van der Waals surface area (Å²) in [6, 6.07) is 15.5. The van der Waals surface area contributed by atoms with Crippen LogP contribution in [0.2, 0.25) is 5.02 Å². The Morgan fingerprint density at radius 2 is 1.92 bits per heavy atom. The Morgan fingerprint density at radius 3 is 2.67 bits per heavy atom. The van der Waals surface area contributed by atoms with Gasteiger partial charge in [0.25, 0.3) is 0 Å². The summed E-state index contributed by atoms with van der Waals surface area (Å²) < 4.78 is 5.66. The fourth-order valence-corrected chi connectivity index (χ4v) is 3.16. The summed E-state index contributed by atoms with van der Waals surface area (Å²) in [5.74, 6) is 2.05. The summed E-state index contributed by atoms with van der Waals surface area (Å²) in [6.45, 7) is 4.49. The fraction of sp³-hybridized carbons (Fsp3) is 0.316. The lowest BCUT2D eigenvalue weighted by molar-refractivity contribution is -0.118. The average molecular weight is 364 g/mol. The quantitative estimate of drug-likeness (QED) is 0.740. The van der Waals surface area contributed by atoms with Crippen molar-refractivity contribution in [3.05, 3.63) is 64.7 Å². The van der Waals surface area contributed by atoms with E-state index in [1.165, 1.54) is 0 Å². The summed E-state index contributed by atoms with van der Waals surface area (Å²) in [6.07, 6.45) is 0.137. The minimum absolute atomic E-state index is 0.0252. The predicted molar refractivity (Wildman–Crippen MR) is 102 cm³/mol. The van der Waals surface area contributed by atoms with E-state index in [1.807, 2.05) is 62.4 Å². The van der Waals surface area contributed by atoms with Crippen LogP contribution in [0.15, 0.2) is 48.5 Å². The van der Waals surface area contributed by atoms with Crippen molar-refractivity contribution >= 4 is 29.3 Å². The van der Waals surface area contributed by atoms with Crippen LogP contribution in [0.1, 0.15) is 25.0 Å². The Hall–Kier alpha value is -1.65. The van der Waals surface area contributed by atoms with Crippen LogP contribution in [0.3, 0.4) is 0 Å². The average Bonchev–Trinajstić information content (AvgIpc) is 2.53. The molecule has 24 heavy (non-hydrogen) atoms. The van der Waals surface area contributed by atoms with Crippen LogP contribution in [0, 0.1) is 0 Å². The van der Waals surface area contributed by atoms with Gasteiger partial charge in [-0.05, 0) is 49.2 Å². The molecule has 3 nitrogen and oxygen atoms in total. The van der Waals surface area contributed by atoms with E-state index in [0.29, 0.717) is 12.3 Å². The van der Waals surface area contributed by atoms with Crippen LogP contribution in [0.4, 0.5) is 0 Å². The second-order valence-electron chi connectivity index (χ2n) is 5.71.